The lowest BCUT2D eigenvalue weighted by Gasteiger charge is -2.35. The second-order valence-electron chi connectivity index (χ2n) is 7.31. The van der Waals surface area contributed by atoms with Crippen molar-refractivity contribution in [2.24, 2.45) is 0 Å². The molecule has 26 heavy (non-hydrogen) atoms. The van der Waals surface area contributed by atoms with Gasteiger partial charge in [-0.15, -0.1) is 0 Å². The fraction of sp³-hybridized carbons (Fsp3) is 0.526. The van der Waals surface area contributed by atoms with E-state index in [-0.39, 0.29) is 17.8 Å². The molecule has 0 aromatic heterocycles. The van der Waals surface area contributed by atoms with Crippen LogP contribution in [0.2, 0.25) is 0 Å². The zero-order valence-electron chi connectivity index (χ0n) is 14.8. The van der Waals surface area contributed by atoms with Crippen molar-refractivity contribution in [2.75, 3.05) is 31.5 Å². The number of fused-ring (bicyclic) bond motifs is 1. The molecule has 138 valence electrons. The van der Waals surface area contributed by atoms with E-state index in [1.54, 1.807) is 28.0 Å². The van der Waals surface area contributed by atoms with Crippen LogP contribution in [0.25, 0.3) is 0 Å². The van der Waals surface area contributed by atoms with E-state index in [1.165, 1.54) is 12.8 Å². The van der Waals surface area contributed by atoms with E-state index in [1.807, 2.05) is 0 Å². The van der Waals surface area contributed by atoms with Crippen molar-refractivity contribution in [3.8, 4) is 0 Å². The minimum atomic E-state index is -0.0389. The molecule has 0 bridgehead atoms. The number of piperazine rings is 1. The first-order chi connectivity index (χ1) is 12.6. The Kier molecular flexibility index (Phi) is 4.53. The van der Waals surface area contributed by atoms with E-state index in [0.717, 1.165) is 24.1 Å². The maximum Gasteiger partial charge on any atom is 0.317 e. The number of benzene rings is 1. The van der Waals surface area contributed by atoms with Crippen LogP contribution in [0.3, 0.4) is 0 Å². The Morgan fingerprint density at radius 1 is 1.04 bits per heavy atom. The Hall–Kier alpha value is -2.57. The summed E-state index contributed by atoms with van der Waals surface area (Å²) in [5, 5.41) is 5.88. The van der Waals surface area contributed by atoms with Crippen LogP contribution in [0.15, 0.2) is 18.2 Å². The molecular formula is C19H24N4O3. The van der Waals surface area contributed by atoms with Crippen LogP contribution in [-0.4, -0.2) is 59.9 Å². The molecule has 2 fully saturated rings. The van der Waals surface area contributed by atoms with Crippen molar-refractivity contribution in [1.29, 1.82) is 0 Å². The Labute approximate surface area is 152 Å². The van der Waals surface area contributed by atoms with Crippen LogP contribution in [-0.2, 0) is 11.2 Å². The van der Waals surface area contributed by atoms with Crippen molar-refractivity contribution >= 4 is 23.5 Å². The summed E-state index contributed by atoms with van der Waals surface area (Å²) in [7, 11) is 0. The van der Waals surface area contributed by atoms with E-state index in [0.29, 0.717) is 44.2 Å². The van der Waals surface area contributed by atoms with Crippen LogP contribution in [0.5, 0.6) is 0 Å². The predicted octanol–water partition coefficient (Wildman–Crippen LogP) is 1.59. The predicted molar refractivity (Wildman–Crippen MR) is 97.0 cm³/mol. The zero-order valence-corrected chi connectivity index (χ0v) is 14.8. The first-order valence-electron chi connectivity index (χ1n) is 9.37. The smallest absolute Gasteiger partial charge is 0.317 e. The molecule has 1 aromatic rings. The highest BCUT2D eigenvalue weighted by Gasteiger charge is 2.27. The number of amides is 4. The van der Waals surface area contributed by atoms with Crippen molar-refractivity contribution in [3.63, 3.8) is 0 Å². The topological polar surface area (TPSA) is 81.8 Å². The lowest BCUT2D eigenvalue weighted by Crippen LogP contribution is -2.54. The van der Waals surface area contributed by atoms with Gasteiger partial charge in [0.05, 0.1) is 6.42 Å². The molecule has 7 heteroatoms. The molecule has 4 amide bonds. The molecular weight excluding hydrogens is 332 g/mol. The van der Waals surface area contributed by atoms with E-state index in [4.69, 9.17) is 0 Å². The van der Waals surface area contributed by atoms with E-state index in [2.05, 4.69) is 10.6 Å². The number of hydrogen-bond donors (Lipinski definition) is 2. The van der Waals surface area contributed by atoms with Crippen LogP contribution in [0.4, 0.5) is 10.5 Å². The highest BCUT2D eigenvalue weighted by molar-refractivity contribution is 6.01. The fourth-order valence-corrected chi connectivity index (χ4v) is 3.99. The molecule has 0 unspecified atom stereocenters. The van der Waals surface area contributed by atoms with Gasteiger partial charge in [0, 0.05) is 43.5 Å². The van der Waals surface area contributed by atoms with E-state index >= 15 is 0 Å². The Balaban J connectivity index is 1.33. The normalized spacial score (nSPS) is 20.1. The lowest BCUT2D eigenvalue weighted by atomic mass is 10.1. The summed E-state index contributed by atoms with van der Waals surface area (Å²) < 4.78 is 0. The minimum Gasteiger partial charge on any atom is -0.335 e. The van der Waals surface area contributed by atoms with Gasteiger partial charge in [-0.1, -0.05) is 12.8 Å². The fourth-order valence-electron chi connectivity index (χ4n) is 3.99. The van der Waals surface area contributed by atoms with Gasteiger partial charge in [0.2, 0.25) is 5.91 Å². The Morgan fingerprint density at radius 3 is 2.46 bits per heavy atom. The molecule has 3 aliphatic rings. The number of anilines is 1. The summed E-state index contributed by atoms with van der Waals surface area (Å²) in [6.07, 6.45) is 4.84. The van der Waals surface area contributed by atoms with Gasteiger partial charge in [0.25, 0.3) is 5.91 Å². The average Bonchev–Trinajstić information content (AvgIpc) is 3.28. The summed E-state index contributed by atoms with van der Waals surface area (Å²) in [5.41, 5.74) is 2.26. The minimum absolute atomic E-state index is 0.00823. The third-order valence-electron chi connectivity index (χ3n) is 5.51. The van der Waals surface area contributed by atoms with Crippen molar-refractivity contribution in [2.45, 2.75) is 38.1 Å². The molecule has 0 radical (unpaired) electrons. The van der Waals surface area contributed by atoms with Gasteiger partial charge in [-0.05, 0) is 36.6 Å². The number of carbonyl (C=O) groups excluding carboxylic acids is 3. The number of hydrogen-bond acceptors (Lipinski definition) is 3. The van der Waals surface area contributed by atoms with Gasteiger partial charge in [-0.25, -0.2) is 4.79 Å². The maximum atomic E-state index is 12.7. The van der Waals surface area contributed by atoms with Crippen LogP contribution >= 0.6 is 0 Å². The van der Waals surface area contributed by atoms with Gasteiger partial charge < -0.3 is 20.4 Å². The van der Waals surface area contributed by atoms with E-state index in [9.17, 15) is 14.4 Å². The van der Waals surface area contributed by atoms with Crippen LogP contribution in [0.1, 0.15) is 41.6 Å². The number of nitrogens with zero attached hydrogens (tertiary/aromatic N) is 2. The first kappa shape index (κ1) is 16.9. The third-order valence-corrected chi connectivity index (χ3v) is 5.51. The monoisotopic (exact) mass is 356 g/mol. The van der Waals surface area contributed by atoms with E-state index < -0.39 is 0 Å². The van der Waals surface area contributed by atoms with Crippen LogP contribution < -0.4 is 10.6 Å². The lowest BCUT2D eigenvalue weighted by molar-refractivity contribution is -0.115. The van der Waals surface area contributed by atoms with Gasteiger partial charge in [-0.3, -0.25) is 9.59 Å². The summed E-state index contributed by atoms with van der Waals surface area (Å²) in [4.78, 5) is 40.1. The highest BCUT2D eigenvalue weighted by Crippen LogP contribution is 2.24. The van der Waals surface area contributed by atoms with Gasteiger partial charge in [0.15, 0.2) is 0 Å². The number of urea groups is 1. The van der Waals surface area contributed by atoms with Gasteiger partial charge >= 0.3 is 6.03 Å². The number of nitrogens with one attached hydrogen (secondary N) is 2. The van der Waals surface area contributed by atoms with Gasteiger partial charge in [0.1, 0.15) is 0 Å². The average molecular weight is 356 g/mol. The molecule has 1 saturated heterocycles. The number of rotatable bonds is 2. The molecule has 1 saturated carbocycles. The standard InChI is InChI=1S/C19H24N4O3/c24-17-12-14-11-13(5-6-16(14)21-17)18(25)22-7-9-23(10-8-22)19(26)20-15-3-1-2-4-15/h5-6,11,15H,1-4,7-10,12H2,(H,20,26)(H,21,24). The summed E-state index contributed by atoms with van der Waals surface area (Å²) in [6.45, 7) is 2.17. The molecule has 2 aliphatic heterocycles. The zero-order chi connectivity index (χ0) is 18.1. The highest BCUT2D eigenvalue weighted by atomic mass is 16.2. The summed E-state index contributed by atoms with van der Waals surface area (Å²) >= 11 is 0. The first-order valence-corrected chi connectivity index (χ1v) is 9.37. The van der Waals surface area contributed by atoms with Crippen molar-refractivity contribution in [3.05, 3.63) is 29.3 Å². The second-order valence-corrected chi connectivity index (χ2v) is 7.31. The molecule has 4 rings (SSSR count). The Bertz CT molecular complexity index is 734. The van der Waals surface area contributed by atoms with Gasteiger partial charge in [-0.2, -0.15) is 0 Å². The van der Waals surface area contributed by atoms with Crippen molar-refractivity contribution < 1.29 is 14.4 Å². The molecule has 2 N–H and O–H groups in total. The third kappa shape index (κ3) is 3.38. The largest absolute Gasteiger partial charge is 0.335 e. The van der Waals surface area contributed by atoms with Crippen molar-refractivity contribution in [1.82, 2.24) is 15.1 Å². The quantitative estimate of drug-likeness (QED) is 0.844. The Morgan fingerprint density at radius 2 is 1.73 bits per heavy atom. The molecule has 0 atom stereocenters. The second kappa shape index (κ2) is 6.97. The molecule has 0 spiro atoms. The molecule has 7 nitrogen and oxygen atoms in total. The number of carbonyl (C=O) groups is 3. The summed E-state index contributed by atoms with van der Waals surface area (Å²) in [5.74, 6) is -0.0745. The molecule has 1 aromatic carbocycles. The summed E-state index contributed by atoms with van der Waals surface area (Å²) in [6, 6.07) is 5.65. The molecule has 1 aliphatic carbocycles. The molecule has 2 heterocycles. The maximum absolute atomic E-state index is 12.7. The van der Waals surface area contributed by atoms with Crippen LogP contribution in [0, 0.1) is 0 Å². The SMILES string of the molecule is O=C1Cc2cc(C(=O)N3CCN(C(=O)NC4CCCC4)CC3)ccc2N1.